The molecule has 1 heterocycles. The summed E-state index contributed by atoms with van der Waals surface area (Å²) in [6.45, 7) is 4.64. The molecular formula is C23H35N3O3. The third kappa shape index (κ3) is 6.94. The number of likely N-dealkylation sites (tertiary alicyclic amines) is 1. The molecule has 1 aliphatic heterocycles. The average molecular weight is 402 g/mol. The quantitative estimate of drug-likeness (QED) is 0.729. The van der Waals surface area contributed by atoms with E-state index >= 15 is 0 Å². The molecule has 2 aliphatic rings. The van der Waals surface area contributed by atoms with Gasteiger partial charge < -0.3 is 20.3 Å². The summed E-state index contributed by atoms with van der Waals surface area (Å²) in [5, 5.41) is 6.21. The second-order valence-electron chi connectivity index (χ2n) is 8.27. The van der Waals surface area contributed by atoms with Crippen LogP contribution >= 0.6 is 0 Å². The first-order valence-corrected chi connectivity index (χ1v) is 11.2. The normalized spacial score (nSPS) is 18.3. The van der Waals surface area contributed by atoms with Crippen LogP contribution in [0.4, 0.5) is 4.79 Å². The van der Waals surface area contributed by atoms with Crippen LogP contribution in [0.25, 0.3) is 0 Å². The van der Waals surface area contributed by atoms with E-state index in [0.717, 1.165) is 50.1 Å². The van der Waals surface area contributed by atoms with Gasteiger partial charge in [-0.2, -0.15) is 0 Å². The molecule has 0 aromatic heterocycles. The first-order valence-electron chi connectivity index (χ1n) is 11.2. The summed E-state index contributed by atoms with van der Waals surface area (Å²) in [7, 11) is 0. The molecule has 160 valence electrons. The van der Waals surface area contributed by atoms with Crippen molar-refractivity contribution in [3.8, 4) is 5.75 Å². The SMILES string of the molecule is CCOc1ccc(CNC(=O)CC2CCN(C(=O)NC3CCCCC3)CC2)cc1. The Morgan fingerprint density at radius 1 is 1.03 bits per heavy atom. The molecule has 0 unspecified atom stereocenters. The number of carbonyl (C=O) groups excluding carboxylic acids is 2. The maximum Gasteiger partial charge on any atom is 0.317 e. The second-order valence-corrected chi connectivity index (χ2v) is 8.27. The topological polar surface area (TPSA) is 70.7 Å². The van der Waals surface area contributed by atoms with Crippen molar-refractivity contribution >= 4 is 11.9 Å². The van der Waals surface area contributed by atoms with Gasteiger partial charge in [-0.1, -0.05) is 31.4 Å². The van der Waals surface area contributed by atoms with Crippen molar-refractivity contribution < 1.29 is 14.3 Å². The molecule has 6 nitrogen and oxygen atoms in total. The zero-order chi connectivity index (χ0) is 20.5. The van der Waals surface area contributed by atoms with Crippen LogP contribution in [0.2, 0.25) is 0 Å². The Bertz CT molecular complexity index is 648. The lowest BCUT2D eigenvalue weighted by Gasteiger charge is -2.33. The predicted octanol–water partition coefficient (Wildman–Crippen LogP) is 3.85. The summed E-state index contributed by atoms with van der Waals surface area (Å²) in [6, 6.07) is 8.25. The Balaban J connectivity index is 1.33. The van der Waals surface area contributed by atoms with Gasteiger partial charge in [-0.3, -0.25) is 4.79 Å². The van der Waals surface area contributed by atoms with E-state index in [9.17, 15) is 9.59 Å². The Morgan fingerprint density at radius 3 is 2.38 bits per heavy atom. The van der Waals surface area contributed by atoms with Gasteiger partial charge in [0.15, 0.2) is 0 Å². The highest BCUT2D eigenvalue weighted by molar-refractivity contribution is 5.76. The molecule has 6 heteroatoms. The lowest BCUT2D eigenvalue weighted by Crippen LogP contribution is -2.48. The average Bonchev–Trinajstić information content (AvgIpc) is 2.75. The number of rotatable bonds is 7. The third-order valence-corrected chi connectivity index (χ3v) is 6.03. The molecule has 0 bridgehead atoms. The van der Waals surface area contributed by atoms with Crippen molar-refractivity contribution in [3.05, 3.63) is 29.8 Å². The Kier molecular flexibility index (Phi) is 8.20. The molecule has 1 aromatic carbocycles. The van der Waals surface area contributed by atoms with Gasteiger partial charge in [-0.25, -0.2) is 4.79 Å². The molecule has 3 amide bonds. The highest BCUT2D eigenvalue weighted by atomic mass is 16.5. The summed E-state index contributed by atoms with van der Waals surface area (Å²) in [5.74, 6) is 1.29. The smallest absolute Gasteiger partial charge is 0.317 e. The highest BCUT2D eigenvalue weighted by Gasteiger charge is 2.26. The van der Waals surface area contributed by atoms with Gasteiger partial charge in [0.25, 0.3) is 0 Å². The van der Waals surface area contributed by atoms with Crippen LogP contribution in [0.1, 0.15) is 63.9 Å². The molecule has 3 rings (SSSR count). The molecule has 2 N–H and O–H groups in total. The summed E-state index contributed by atoms with van der Waals surface area (Å²) in [5.41, 5.74) is 1.07. The van der Waals surface area contributed by atoms with Gasteiger partial charge in [-0.15, -0.1) is 0 Å². The van der Waals surface area contributed by atoms with Gasteiger partial charge in [0.1, 0.15) is 5.75 Å². The standard InChI is InChI=1S/C23H35N3O3/c1-2-29-21-10-8-19(9-11-21)17-24-22(27)16-18-12-14-26(15-13-18)23(28)25-20-6-4-3-5-7-20/h8-11,18,20H,2-7,12-17H2,1H3,(H,24,27)(H,25,28). The minimum Gasteiger partial charge on any atom is -0.494 e. The molecule has 0 atom stereocenters. The van der Waals surface area contributed by atoms with Crippen molar-refractivity contribution in [2.75, 3.05) is 19.7 Å². The van der Waals surface area contributed by atoms with Crippen LogP contribution in [0.3, 0.4) is 0 Å². The highest BCUT2D eigenvalue weighted by Crippen LogP contribution is 2.22. The molecule has 2 fully saturated rings. The number of nitrogens with zero attached hydrogens (tertiary/aromatic N) is 1. The van der Waals surface area contributed by atoms with Crippen LogP contribution in [0.5, 0.6) is 5.75 Å². The lowest BCUT2D eigenvalue weighted by molar-refractivity contribution is -0.122. The largest absolute Gasteiger partial charge is 0.494 e. The number of benzene rings is 1. The summed E-state index contributed by atoms with van der Waals surface area (Å²) in [6.07, 6.45) is 8.28. The zero-order valence-electron chi connectivity index (χ0n) is 17.6. The first-order chi connectivity index (χ1) is 14.1. The fraction of sp³-hybridized carbons (Fsp3) is 0.652. The van der Waals surface area contributed by atoms with Crippen LogP contribution in [0.15, 0.2) is 24.3 Å². The molecule has 1 saturated carbocycles. The first kappa shape index (κ1) is 21.5. The summed E-state index contributed by atoms with van der Waals surface area (Å²) < 4.78 is 5.44. The van der Waals surface area contributed by atoms with Crippen LogP contribution < -0.4 is 15.4 Å². The Labute approximate surface area is 174 Å². The third-order valence-electron chi connectivity index (χ3n) is 6.03. The number of carbonyl (C=O) groups is 2. The van der Waals surface area contributed by atoms with E-state index in [-0.39, 0.29) is 11.9 Å². The summed E-state index contributed by atoms with van der Waals surface area (Å²) >= 11 is 0. The molecule has 0 radical (unpaired) electrons. The Hall–Kier alpha value is -2.24. The van der Waals surface area contributed by atoms with Gasteiger partial charge in [0, 0.05) is 32.1 Å². The van der Waals surface area contributed by atoms with E-state index in [1.807, 2.05) is 36.1 Å². The van der Waals surface area contributed by atoms with E-state index in [2.05, 4.69) is 10.6 Å². The van der Waals surface area contributed by atoms with Gasteiger partial charge in [0.05, 0.1) is 6.61 Å². The molecule has 0 spiro atoms. The maximum atomic E-state index is 12.4. The van der Waals surface area contributed by atoms with Crippen molar-refractivity contribution in [2.45, 2.75) is 70.9 Å². The number of ether oxygens (including phenoxy) is 1. The zero-order valence-corrected chi connectivity index (χ0v) is 17.6. The molecule has 1 saturated heterocycles. The van der Waals surface area contributed by atoms with E-state index in [1.54, 1.807) is 0 Å². The van der Waals surface area contributed by atoms with E-state index in [4.69, 9.17) is 4.74 Å². The van der Waals surface area contributed by atoms with Crippen molar-refractivity contribution in [2.24, 2.45) is 5.92 Å². The fourth-order valence-electron chi connectivity index (χ4n) is 4.26. The van der Waals surface area contributed by atoms with Crippen molar-refractivity contribution in [3.63, 3.8) is 0 Å². The molecular weight excluding hydrogens is 366 g/mol. The maximum absolute atomic E-state index is 12.4. The van der Waals surface area contributed by atoms with Crippen LogP contribution in [0, 0.1) is 5.92 Å². The predicted molar refractivity (Wildman–Crippen MR) is 114 cm³/mol. The summed E-state index contributed by atoms with van der Waals surface area (Å²) in [4.78, 5) is 26.7. The van der Waals surface area contributed by atoms with Crippen LogP contribution in [-0.4, -0.2) is 42.6 Å². The number of nitrogens with one attached hydrogen (secondary N) is 2. The fourth-order valence-corrected chi connectivity index (χ4v) is 4.26. The Morgan fingerprint density at radius 2 is 1.72 bits per heavy atom. The van der Waals surface area contributed by atoms with E-state index in [1.165, 1.54) is 19.3 Å². The van der Waals surface area contributed by atoms with E-state index in [0.29, 0.717) is 31.5 Å². The van der Waals surface area contributed by atoms with E-state index < -0.39 is 0 Å². The van der Waals surface area contributed by atoms with Crippen LogP contribution in [-0.2, 0) is 11.3 Å². The van der Waals surface area contributed by atoms with Crippen molar-refractivity contribution in [1.29, 1.82) is 0 Å². The minimum atomic E-state index is 0.0790. The number of hydrogen-bond donors (Lipinski definition) is 2. The molecule has 1 aliphatic carbocycles. The van der Waals surface area contributed by atoms with Gasteiger partial charge in [0.2, 0.25) is 5.91 Å². The van der Waals surface area contributed by atoms with Gasteiger partial charge >= 0.3 is 6.03 Å². The molecule has 1 aromatic rings. The number of amides is 3. The van der Waals surface area contributed by atoms with Crippen molar-refractivity contribution in [1.82, 2.24) is 15.5 Å². The minimum absolute atomic E-state index is 0.0790. The number of hydrogen-bond acceptors (Lipinski definition) is 3. The second kappa shape index (κ2) is 11.1. The monoisotopic (exact) mass is 401 g/mol. The number of piperidine rings is 1. The van der Waals surface area contributed by atoms with Gasteiger partial charge in [-0.05, 0) is 56.2 Å². The molecule has 29 heavy (non-hydrogen) atoms. The lowest BCUT2D eigenvalue weighted by atomic mass is 9.93. The number of urea groups is 1.